The van der Waals surface area contributed by atoms with Gasteiger partial charge in [0, 0.05) is 23.7 Å². The van der Waals surface area contributed by atoms with Crippen LogP contribution in [0, 0.1) is 0 Å². The number of ether oxygens (including phenoxy) is 3. The van der Waals surface area contributed by atoms with Crippen molar-refractivity contribution in [2.24, 2.45) is 0 Å². The molecule has 1 aliphatic rings. The van der Waals surface area contributed by atoms with E-state index in [0.29, 0.717) is 30.4 Å². The van der Waals surface area contributed by atoms with Crippen LogP contribution in [0.4, 0.5) is 5.69 Å². The molecule has 1 N–H and O–H groups in total. The van der Waals surface area contributed by atoms with E-state index in [4.69, 9.17) is 14.2 Å². The van der Waals surface area contributed by atoms with Crippen LogP contribution < -0.4 is 14.8 Å². The molecule has 1 aromatic rings. The largest absolute Gasteiger partial charge is 0.486 e. The van der Waals surface area contributed by atoms with Crippen LogP contribution in [0.3, 0.4) is 0 Å². The zero-order chi connectivity index (χ0) is 13.1. The van der Waals surface area contributed by atoms with Crippen molar-refractivity contribution in [2.75, 3.05) is 25.6 Å². The number of methoxy groups -OCH3 is 1. The van der Waals surface area contributed by atoms with Gasteiger partial charge in [0.05, 0.1) is 5.69 Å². The molecular formula is C12H14BrNO4. The summed E-state index contributed by atoms with van der Waals surface area (Å²) in [7, 11) is 1.49. The van der Waals surface area contributed by atoms with Crippen molar-refractivity contribution in [2.45, 2.75) is 13.0 Å². The summed E-state index contributed by atoms with van der Waals surface area (Å²) < 4.78 is 16.6. The highest BCUT2D eigenvalue weighted by Crippen LogP contribution is 2.38. The van der Waals surface area contributed by atoms with Gasteiger partial charge < -0.3 is 19.5 Å². The molecule has 0 fully saturated rings. The Morgan fingerprint density at radius 1 is 1.39 bits per heavy atom. The van der Waals surface area contributed by atoms with Crippen molar-refractivity contribution < 1.29 is 19.0 Å². The Bertz CT molecular complexity index is 464. The molecule has 1 amide bonds. The molecule has 0 aliphatic carbocycles. The van der Waals surface area contributed by atoms with E-state index in [-0.39, 0.29) is 5.91 Å². The number of hydrogen-bond donors (Lipinski definition) is 1. The van der Waals surface area contributed by atoms with Gasteiger partial charge in [0.2, 0.25) is 0 Å². The molecule has 1 atom stereocenters. The summed E-state index contributed by atoms with van der Waals surface area (Å²) in [5, 5.41) is 2.76. The fourth-order valence-electron chi connectivity index (χ4n) is 1.50. The molecule has 0 radical (unpaired) electrons. The second-order valence-corrected chi connectivity index (χ2v) is 4.70. The number of amides is 1. The minimum atomic E-state index is -0.509. The molecule has 2 rings (SSSR count). The Morgan fingerprint density at radius 3 is 2.61 bits per heavy atom. The molecule has 5 nitrogen and oxygen atoms in total. The maximum atomic E-state index is 11.7. The van der Waals surface area contributed by atoms with E-state index in [1.807, 2.05) is 0 Å². The Balaban J connectivity index is 2.20. The lowest BCUT2D eigenvalue weighted by Gasteiger charge is -2.20. The van der Waals surface area contributed by atoms with Crippen molar-refractivity contribution in [3.63, 3.8) is 0 Å². The fraction of sp³-hybridized carbons (Fsp3) is 0.417. The molecule has 0 saturated carbocycles. The summed E-state index contributed by atoms with van der Waals surface area (Å²) >= 11 is 3.38. The first-order valence-electron chi connectivity index (χ1n) is 5.54. The standard InChI is InChI=1S/C12H14BrNO4/c1-7(16-2)12(15)14-9-6-11-10(5-8(9)13)17-3-4-18-11/h5-7H,3-4H2,1-2H3,(H,14,15). The number of anilines is 1. The number of fused-ring (bicyclic) bond motifs is 1. The number of carbonyl (C=O) groups excluding carboxylic acids is 1. The van der Waals surface area contributed by atoms with E-state index in [0.717, 1.165) is 4.47 Å². The predicted molar refractivity (Wildman–Crippen MR) is 70.2 cm³/mol. The Kier molecular flexibility index (Phi) is 4.08. The van der Waals surface area contributed by atoms with Crippen LogP contribution in [0.5, 0.6) is 11.5 Å². The molecule has 6 heteroatoms. The zero-order valence-electron chi connectivity index (χ0n) is 10.2. The Labute approximate surface area is 114 Å². The topological polar surface area (TPSA) is 56.8 Å². The lowest BCUT2D eigenvalue weighted by Crippen LogP contribution is -2.26. The van der Waals surface area contributed by atoms with E-state index in [9.17, 15) is 4.79 Å². The van der Waals surface area contributed by atoms with Crippen molar-refractivity contribution in [3.05, 3.63) is 16.6 Å². The number of carbonyl (C=O) groups is 1. The maximum Gasteiger partial charge on any atom is 0.253 e. The summed E-state index contributed by atoms with van der Waals surface area (Å²) in [6.45, 7) is 2.73. The highest BCUT2D eigenvalue weighted by Gasteiger charge is 2.18. The normalized spacial score (nSPS) is 15.1. The average molecular weight is 316 g/mol. The van der Waals surface area contributed by atoms with Crippen molar-refractivity contribution in [1.29, 1.82) is 0 Å². The van der Waals surface area contributed by atoms with E-state index in [1.54, 1.807) is 19.1 Å². The predicted octanol–water partition coefficient (Wildman–Crippen LogP) is 2.19. The van der Waals surface area contributed by atoms with E-state index >= 15 is 0 Å². The summed E-state index contributed by atoms with van der Waals surface area (Å²) in [6.07, 6.45) is -0.509. The third kappa shape index (κ3) is 2.76. The van der Waals surface area contributed by atoms with Crippen LogP contribution >= 0.6 is 15.9 Å². The molecule has 0 saturated heterocycles. The Hall–Kier alpha value is -1.27. The van der Waals surface area contributed by atoms with E-state index in [2.05, 4.69) is 21.2 Å². The van der Waals surface area contributed by atoms with Crippen LogP contribution in [-0.2, 0) is 9.53 Å². The van der Waals surface area contributed by atoms with Crippen LogP contribution in [0.1, 0.15) is 6.92 Å². The van der Waals surface area contributed by atoms with Gasteiger partial charge in [0.15, 0.2) is 11.5 Å². The van der Waals surface area contributed by atoms with Gasteiger partial charge >= 0.3 is 0 Å². The third-order valence-electron chi connectivity index (χ3n) is 2.61. The number of nitrogens with one attached hydrogen (secondary N) is 1. The van der Waals surface area contributed by atoms with Gasteiger partial charge in [-0.15, -0.1) is 0 Å². The van der Waals surface area contributed by atoms with Gasteiger partial charge in [-0.05, 0) is 22.9 Å². The van der Waals surface area contributed by atoms with Gasteiger partial charge in [0.1, 0.15) is 19.3 Å². The van der Waals surface area contributed by atoms with Gasteiger partial charge in [-0.2, -0.15) is 0 Å². The van der Waals surface area contributed by atoms with Gasteiger partial charge in [0.25, 0.3) is 5.91 Å². The summed E-state index contributed by atoms with van der Waals surface area (Å²) in [6, 6.07) is 3.51. The zero-order valence-corrected chi connectivity index (χ0v) is 11.7. The first-order chi connectivity index (χ1) is 8.61. The number of benzene rings is 1. The molecule has 0 bridgehead atoms. The third-order valence-corrected chi connectivity index (χ3v) is 3.27. The summed E-state index contributed by atoms with van der Waals surface area (Å²) in [5.74, 6) is 1.09. The number of rotatable bonds is 3. The van der Waals surface area contributed by atoms with Gasteiger partial charge in [-0.25, -0.2) is 0 Å². The summed E-state index contributed by atoms with van der Waals surface area (Å²) in [5.41, 5.74) is 0.633. The van der Waals surface area contributed by atoms with Crippen molar-refractivity contribution in [1.82, 2.24) is 0 Å². The minimum Gasteiger partial charge on any atom is -0.486 e. The molecule has 1 unspecified atom stereocenters. The van der Waals surface area contributed by atoms with E-state index < -0.39 is 6.10 Å². The maximum absolute atomic E-state index is 11.7. The SMILES string of the molecule is COC(C)C(=O)Nc1cc2c(cc1Br)OCCO2. The molecule has 18 heavy (non-hydrogen) atoms. The van der Waals surface area contributed by atoms with Crippen LogP contribution in [0.15, 0.2) is 16.6 Å². The first kappa shape index (κ1) is 13.2. The van der Waals surface area contributed by atoms with E-state index in [1.165, 1.54) is 7.11 Å². The monoisotopic (exact) mass is 315 g/mol. The van der Waals surface area contributed by atoms with Crippen LogP contribution in [0.2, 0.25) is 0 Å². The molecular weight excluding hydrogens is 302 g/mol. The molecule has 98 valence electrons. The number of hydrogen-bond acceptors (Lipinski definition) is 4. The second-order valence-electron chi connectivity index (χ2n) is 3.84. The van der Waals surface area contributed by atoms with Crippen LogP contribution in [0.25, 0.3) is 0 Å². The molecule has 0 aromatic heterocycles. The van der Waals surface area contributed by atoms with Crippen molar-refractivity contribution in [3.8, 4) is 11.5 Å². The second kappa shape index (κ2) is 5.58. The summed E-state index contributed by atoms with van der Waals surface area (Å²) in [4.78, 5) is 11.7. The quantitative estimate of drug-likeness (QED) is 0.929. The highest BCUT2D eigenvalue weighted by molar-refractivity contribution is 9.10. The molecule has 1 heterocycles. The van der Waals surface area contributed by atoms with Gasteiger partial charge in [-0.1, -0.05) is 0 Å². The van der Waals surface area contributed by atoms with Crippen molar-refractivity contribution >= 4 is 27.5 Å². The molecule has 1 aromatic carbocycles. The Morgan fingerprint density at radius 2 is 2.00 bits per heavy atom. The lowest BCUT2D eigenvalue weighted by molar-refractivity contribution is -0.124. The smallest absolute Gasteiger partial charge is 0.253 e. The first-order valence-corrected chi connectivity index (χ1v) is 6.34. The molecule has 1 aliphatic heterocycles. The highest BCUT2D eigenvalue weighted by atomic mass is 79.9. The van der Waals surface area contributed by atoms with Crippen LogP contribution in [-0.4, -0.2) is 32.3 Å². The molecule has 0 spiro atoms. The minimum absolute atomic E-state index is 0.213. The number of halogens is 1. The lowest BCUT2D eigenvalue weighted by atomic mass is 10.2. The van der Waals surface area contributed by atoms with Gasteiger partial charge in [-0.3, -0.25) is 4.79 Å². The average Bonchev–Trinajstić information content (AvgIpc) is 2.38. The fourth-order valence-corrected chi connectivity index (χ4v) is 1.92.